The van der Waals surface area contributed by atoms with Gasteiger partial charge in [0.05, 0.1) is 11.6 Å². The Balaban J connectivity index is 2.12. The molecule has 4 nitrogen and oxygen atoms in total. The van der Waals surface area contributed by atoms with E-state index in [1.165, 1.54) is 11.3 Å². The van der Waals surface area contributed by atoms with Gasteiger partial charge >= 0.3 is 5.97 Å². The van der Waals surface area contributed by atoms with Gasteiger partial charge in [-0.05, 0) is 42.3 Å². The highest BCUT2D eigenvalue weighted by molar-refractivity contribution is 7.08. The van der Waals surface area contributed by atoms with Crippen molar-refractivity contribution < 1.29 is 14.7 Å². The van der Waals surface area contributed by atoms with Crippen LogP contribution in [0.2, 0.25) is 0 Å². The zero-order chi connectivity index (χ0) is 15.7. The molecular weight excluding hydrogens is 298 g/mol. The van der Waals surface area contributed by atoms with Crippen molar-refractivity contribution in [1.82, 2.24) is 4.57 Å². The van der Waals surface area contributed by atoms with Crippen LogP contribution in [0.25, 0.3) is 0 Å². The van der Waals surface area contributed by atoms with Crippen molar-refractivity contribution in [2.45, 2.75) is 45.1 Å². The van der Waals surface area contributed by atoms with Crippen LogP contribution in [0.3, 0.4) is 0 Å². The van der Waals surface area contributed by atoms with Gasteiger partial charge in [0.15, 0.2) is 0 Å². The van der Waals surface area contributed by atoms with Gasteiger partial charge in [0.2, 0.25) is 5.78 Å². The second-order valence-corrected chi connectivity index (χ2v) is 6.50. The Morgan fingerprint density at radius 1 is 1.45 bits per heavy atom. The average Bonchev–Trinajstić information content (AvgIpc) is 3.13. The normalized spacial score (nSPS) is 17.2. The summed E-state index contributed by atoms with van der Waals surface area (Å²) < 4.78 is 1.95. The van der Waals surface area contributed by atoms with E-state index in [9.17, 15) is 14.7 Å². The molecule has 2 aromatic heterocycles. The van der Waals surface area contributed by atoms with Crippen molar-refractivity contribution >= 4 is 23.1 Å². The number of aromatic nitrogens is 1. The molecule has 22 heavy (non-hydrogen) atoms. The number of carbonyl (C=O) groups is 2. The van der Waals surface area contributed by atoms with Crippen molar-refractivity contribution in [3.63, 3.8) is 0 Å². The number of rotatable bonds is 5. The molecular formula is C17H19NO3S. The molecule has 0 spiro atoms. The Hall–Kier alpha value is -1.88. The Labute approximate surface area is 133 Å². The third-order valence-corrected chi connectivity index (χ3v) is 4.94. The van der Waals surface area contributed by atoms with E-state index in [1.807, 2.05) is 27.5 Å². The lowest BCUT2D eigenvalue weighted by Gasteiger charge is -2.23. The third-order valence-electron chi connectivity index (χ3n) is 4.26. The minimum atomic E-state index is -0.795. The van der Waals surface area contributed by atoms with Gasteiger partial charge in [-0.2, -0.15) is 11.3 Å². The first kappa shape index (κ1) is 15.0. The Morgan fingerprint density at radius 3 is 2.91 bits per heavy atom. The molecule has 116 valence electrons. The summed E-state index contributed by atoms with van der Waals surface area (Å²) in [6.45, 7) is 2.80. The number of carboxylic acids is 1. The van der Waals surface area contributed by atoms with E-state index in [-0.39, 0.29) is 5.78 Å². The maximum absolute atomic E-state index is 12.9. The van der Waals surface area contributed by atoms with Crippen molar-refractivity contribution in [2.24, 2.45) is 0 Å². The second-order valence-electron chi connectivity index (χ2n) is 5.72. The molecule has 0 aliphatic carbocycles. The summed E-state index contributed by atoms with van der Waals surface area (Å²) in [6.07, 6.45) is 3.19. The Bertz CT molecular complexity index is 700. The number of carboxylic acid groups (broad SMARTS) is 1. The van der Waals surface area contributed by atoms with Crippen LogP contribution < -0.4 is 0 Å². The molecule has 1 aliphatic heterocycles. The molecule has 5 heteroatoms. The lowest BCUT2D eigenvalue weighted by Crippen LogP contribution is -2.24. The van der Waals surface area contributed by atoms with E-state index in [0.717, 1.165) is 37.1 Å². The zero-order valence-electron chi connectivity index (χ0n) is 12.5. The van der Waals surface area contributed by atoms with Gasteiger partial charge in [-0.15, -0.1) is 0 Å². The van der Waals surface area contributed by atoms with Crippen LogP contribution in [0.5, 0.6) is 0 Å². The van der Waals surface area contributed by atoms with E-state index in [2.05, 4.69) is 6.92 Å². The van der Waals surface area contributed by atoms with Crippen LogP contribution in [0.15, 0.2) is 22.9 Å². The van der Waals surface area contributed by atoms with E-state index < -0.39 is 11.9 Å². The maximum atomic E-state index is 12.9. The molecule has 1 aliphatic rings. The number of hydrogen-bond donors (Lipinski definition) is 1. The smallest absolute Gasteiger partial charge is 0.312 e. The minimum Gasteiger partial charge on any atom is -0.481 e. The van der Waals surface area contributed by atoms with Gasteiger partial charge in [0.1, 0.15) is 0 Å². The first-order chi connectivity index (χ1) is 10.6. The Morgan fingerprint density at radius 2 is 2.27 bits per heavy atom. The fraction of sp³-hybridized carbons (Fsp3) is 0.412. The fourth-order valence-electron chi connectivity index (χ4n) is 3.27. The molecule has 1 N–H and O–H groups in total. The zero-order valence-corrected chi connectivity index (χ0v) is 13.4. The van der Waals surface area contributed by atoms with E-state index >= 15 is 0 Å². The van der Waals surface area contributed by atoms with Gasteiger partial charge in [-0.25, -0.2) is 0 Å². The summed E-state index contributed by atoms with van der Waals surface area (Å²) in [7, 11) is 0. The number of fused-ring (bicyclic) bond motifs is 1. The molecule has 1 atom stereocenters. The fourth-order valence-corrected chi connectivity index (χ4v) is 3.90. The van der Waals surface area contributed by atoms with E-state index in [4.69, 9.17) is 0 Å². The van der Waals surface area contributed by atoms with Crippen LogP contribution in [-0.4, -0.2) is 21.4 Å². The molecule has 2 aromatic rings. The number of aryl methyl sites for hydroxylation is 1. The van der Waals surface area contributed by atoms with Crippen molar-refractivity contribution in [2.75, 3.05) is 0 Å². The highest BCUT2D eigenvalue weighted by Crippen LogP contribution is 2.33. The first-order valence-corrected chi connectivity index (χ1v) is 8.59. The molecule has 0 saturated heterocycles. The van der Waals surface area contributed by atoms with Crippen LogP contribution in [0.1, 0.15) is 59.4 Å². The predicted molar refractivity (Wildman–Crippen MR) is 85.8 cm³/mol. The van der Waals surface area contributed by atoms with Crippen molar-refractivity contribution in [1.29, 1.82) is 0 Å². The molecule has 0 bridgehead atoms. The average molecular weight is 317 g/mol. The summed E-state index contributed by atoms with van der Waals surface area (Å²) in [5, 5.41) is 13.2. The molecule has 0 aromatic carbocycles. The summed E-state index contributed by atoms with van der Waals surface area (Å²) in [4.78, 5) is 24.3. The standard InChI is InChI=1S/C17H19NO3S/c1-2-4-11-9-14-13(17(20)21)5-3-7-18(14)15(11)16(19)12-6-8-22-10-12/h6,8-10,13H,2-5,7H2,1H3,(H,20,21). The van der Waals surface area contributed by atoms with Crippen LogP contribution >= 0.6 is 11.3 Å². The lowest BCUT2D eigenvalue weighted by molar-refractivity contribution is -0.139. The second kappa shape index (κ2) is 6.08. The minimum absolute atomic E-state index is 0.0157. The maximum Gasteiger partial charge on any atom is 0.312 e. The van der Waals surface area contributed by atoms with Gasteiger partial charge < -0.3 is 9.67 Å². The molecule has 1 unspecified atom stereocenters. The molecule has 0 radical (unpaired) electrons. The van der Waals surface area contributed by atoms with Gasteiger partial charge in [0.25, 0.3) is 0 Å². The predicted octanol–water partition coefficient (Wildman–Crippen LogP) is 3.70. The number of nitrogens with zero attached hydrogens (tertiary/aromatic N) is 1. The summed E-state index contributed by atoms with van der Waals surface area (Å²) >= 11 is 1.50. The largest absolute Gasteiger partial charge is 0.481 e. The van der Waals surface area contributed by atoms with E-state index in [1.54, 1.807) is 0 Å². The number of ketones is 1. The van der Waals surface area contributed by atoms with Crippen LogP contribution in [-0.2, 0) is 17.8 Å². The highest BCUT2D eigenvalue weighted by atomic mass is 32.1. The van der Waals surface area contributed by atoms with E-state index in [0.29, 0.717) is 17.7 Å². The lowest BCUT2D eigenvalue weighted by atomic mass is 9.96. The van der Waals surface area contributed by atoms with Crippen molar-refractivity contribution in [3.8, 4) is 0 Å². The van der Waals surface area contributed by atoms with Gasteiger partial charge in [-0.3, -0.25) is 9.59 Å². The Kier molecular flexibility index (Phi) is 4.16. The van der Waals surface area contributed by atoms with Gasteiger partial charge in [0, 0.05) is 23.2 Å². The summed E-state index contributed by atoms with van der Waals surface area (Å²) in [5.41, 5.74) is 3.17. The highest BCUT2D eigenvalue weighted by Gasteiger charge is 2.31. The quantitative estimate of drug-likeness (QED) is 0.856. The molecule has 0 saturated carbocycles. The van der Waals surface area contributed by atoms with Crippen molar-refractivity contribution in [3.05, 3.63) is 45.4 Å². The molecule has 3 rings (SSSR count). The number of aliphatic carboxylic acids is 1. The SMILES string of the molecule is CCCc1cc2n(c1C(=O)c1ccsc1)CCCC2C(=O)O. The number of thiophene rings is 1. The molecule has 0 amide bonds. The topological polar surface area (TPSA) is 59.3 Å². The number of hydrogen-bond acceptors (Lipinski definition) is 3. The summed E-state index contributed by atoms with van der Waals surface area (Å²) in [6, 6.07) is 3.78. The summed E-state index contributed by atoms with van der Waals surface area (Å²) in [5.74, 6) is -1.27. The molecule has 3 heterocycles. The number of carbonyl (C=O) groups excluding carboxylic acids is 1. The van der Waals surface area contributed by atoms with Crippen LogP contribution in [0, 0.1) is 0 Å². The third kappa shape index (κ3) is 2.50. The molecule has 0 fully saturated rings. The first-order valence-electron chi connectivity index (χ1n) is 7.65. The monoisotopic (exact) mass is 317 g/mol. The van der Waals surface area contributed by atoms with Crippen LogP contribution in [0.4, 0.5) is 0 Å². The van der Waals surface area contributed by atoms with Gasteiger partial charge in [-0.1, -0.05) is 13.3 Å².